The highest BCUT2D eigenvalue weighted by Crippen LogP contribution is 2.30. The Kier molecular flexibility index (Phi) is 5.65. The van der Waals surface area contributed by atoms with Crippen molar-refractivity contribution < 1.29 is 9.53 Å². The topological polar surface area (TPSA) is 54.5 Å². The molecular weight excluding hydrogens is 382 g/mol. The van der Waals surface area contributed by atoms with E-state index < -0.39 is 0 Å². The van der Waals surface area contributed by atoms with Crippen LogP contribution in [0.15, 0.2) is 53.9 Å². The van der Waals surface area contributed by atoms with Crippen LogP contribution in [-0.2, 0) is 4.74 Å². The standard InChI is InChI=1S/C23H25N3O2S/c1-15-6-4-5-7-20(15)22(27)24-19-10-8-18(9-11-19)21-14-29-23(25-21)26-12-16(2)28-17(3)13-26/h4-11,14,16-17H,12-13H2,1-3H3,(H,24,27). The Morgan fingerprint density at radius 2 is 1.79 bits per heavy atom. The minimum absolute atomic E-state index is 0.0950. The fourth-order valence-corrected chi connectivity index (χ4v) is 4.48. The average Bonchev–Trinajstić information content (AvgIpc) is 3.18. The Hall–Kier alpha value is -2.70. The van der Waals surface area contributed by atoms with E-state index in [1.165, 1.54) is 0 Å². The van der Waals surface area contributed by atoms with E-state index in [1.54, 1.807) is 11.3 Å². The van der Waals surface area contributed by atoms with E-state index in [9.17, 15) is 4.79 Å². The number of carbonyl (C=O) groups excluding carboxylic acids is 1. The third-order valence-electron chi connectivity index (χ3n) is 5.01. The summed E-state index contributed by atoms with van der Waals surface area (Å²) >= 11 is 1.66. The van der Waals surface area contributed by atoms with Crippen LogP contribution < -0.4 is 10.2 Å². The molecule has 1 aliphatic heterocycles. The number of carbonyl (C=O) groups is 1. The van der Waals surface area contributed by atoms with Crippen molar-refractivity contribution in [2.75, 3.05) is 23.3 Å². The van der Waals surface area contributed by atoms with Crippen molar-refractivity contribution in [1.82, 2.24) is 4.98 Å². The average molecular weight is 408 g/mol. The van der Waals surface area contributed by atoms with Gasteiger partial charge in [0.25, 0.3) is 5.91 Å². The largest absolute Gasteiger partial charge is 0.372 e. The van der Waals surface area contributed by atoms with Gasteiger partial charge in [-0.2, -0.15) is 0 Å². The number of morpholine rings is 1. The number of hydrogen-bond donors (Lipinski definition) is 1. The minimum atomic E-state index is -0.0950. The summed E-state index contributed by atoms with van der Waals surface area (Å²) in [6.45, 7) is 7.86. The van der Waals surface area contributed by atoms with E-state index in [1.807, 2.05) is 55.5 Å². The van der Waals surface area contributed by atoms with Crippen LogP contribution in [0.1, 0.15) is 29.8 Å². The van der Waals surface area contributed by atoms with E-state index in [0.29, 0.717) is 5.56 Å². The zero-order valence-electron chi connectivity index (χ0n) is 16.9. The highest BCUT2D eigenvalue weighted by molar-refractivity contribution is 7.14. The zero-order chi connectivity index (χ0) is 20.4. The van der Waals surface area contributed by atoms with Gasteiger partial charge in [-0.1, -0.05) is 30.3 Å². The number of benzene rings is 2. The van der Waals surface area contributed by atoms with Crippen LogP contribution in [0.4, 0.5) is 10.8 Å². The molecule has 150 valence electrons. The Bertz CT molecular complexity index is 989. The normalized spacial score (nSPS) is 19.2. The third kappa shape index (κ3) is 4.49. The van der Waals surface area contributed by atoms with Gasteiger partial charge >= 0.3 is 0 Å². The summed E-state index contributed by atoms with van der Waals surface area (Å²) in [5.41, 5.74) is 4.41. The Balaban J connectivity index is 1.45. The third-order valence-corrected chi connectivity index (χ3v) is 5.91. The molecule has 3 aromatic rings. The summed E-state index contributed by atoms with van der Waals surface area (Å²) in [5, 5.41) is 6.08. The van der Waals surface area contributed by atoms with Crippen molar-refractivity contribution >= 4 is 28.1 Å². The number of thiazole rings is 1. The molecule has 2 aromatic carbocycles. The van der Waals surface area contributed by atoms with Crippen LogP contribution >= 0.6 is 11.3 Å². The van der Waals surface area contributed by atoms with Crippen LogP contribution in [0, 0.1) is 6.92 Å². The molecule has 2 unspecified atom stereocenters. The number of nitrogens with zero attached hydrogens (tertiary/aromatic N) is 2. The number of rotatable bonds is 4. The lowest BCUT2D eigenvalue weighted by Gasteiger charge is -2.35. The summed E-state index contributed by atoms with van der Waals surface area (Å²) < 4.78 is 5.81. The molecule has 29 heavy (non-hydrogen) atoms. The van der Waals surface area contributed by atoms with Gasteiger partial charge in [0.2, 0.25) is 0 Å². The second-order valence-corrected chi connectivity index (χ2v) is 8.36. The summed E-state index contributed by atoms with van der Waals surface area (Å²) in [7, 11) is 0. The van der Waals surface area contributed by atoms with Crippen LogP contribution in [0.2, 0.25) is 0 Å². The fourth-order valence-electron chi connectivity index (χ4n) is 3.63. The summed E-state index contributed by atoms with van der Waals surface area (Å²) in [6.07, 6.45) is 0.421. The van der Waals surface area contributed by atoms with E-state index >= 15 is 0 Å². The molecular formula is C23H25N3O2S. The number of anilines is 2. The van der Waals surface area contributed by atoms with Gasteiger partial charge < -0.3 is 15.0 Å². The Morgan fingerprint density at radius 3 is 2.48 bits per heavy atom. The van der Waals surface area contributed by atoms with Crippen LogP contribution in [0.3, 0.4) is 0 Å². The van der Waals surface area contributed by atoms with Gasteiger partial charge in [0.15, 0.2) is 5.13 Å². The first-order chi connectivity index (χ1) is 14.0. The molecule has 0 aliphatic carbocycles. The lowest BCUT2D eigenvalue weighted by atomic mass is 10.1. The molecule has 2 atom stereocenters. The first kappa shape index (κ1) is 19.6. The summed E-state index contributed by atoms with van der Waals surface area (Å²) in [4.78, 5) is 19.6. The SMILES string of the molecule is Cc1ccccc1C(=O)Nc1ccc(-c2csc(N3CC(C)OC(C)C3)n2)cc1. The fraction of sp³-hybridized carbons (Fsp3) is 0.304. The Labute approximate surface area is 175 Å². The molecule has 0 saturated carbocycles. The molecule has 1 N–H and O–H groups in total. The molecule has 2 heterocycles. The minimum Gasteiger partial charge on any atom is -0.372 e. The second kappa shape index (κ2) is 8.35. The van der Waals surface area contributed by atoms with E-state index in [0.717, 1.165) is 40.7 Å². The molecule has 0 radical (unpaired) electrons. The van der Waals surface area contributed by atoms with Crippen molar-refractivity contribution in [3.63, 3.8) is 0 Å². The molecule has 0 spiro atoms. The van der Waals surface area contributed by atoms with Gasteiger partial charge in [-0.3, -0.25) is 4.79 Å². The molecule has 1 amide bonds. The first-order valence-corrected chi connectivity index (χ1v) is 10.7. The zero-order valence-corrected chi connectivity index (χ0v) is 17.7. The number of aromatic nitrogens is 1. The highest BCUT2D eigenvalue weighted by atomic mass is 32.1. The van der Waals surface area contributed by atoms with Crippen LogP contribution in [0.5, 0.6) is 0 Å². The first-order valence-electron chi connectivity index (χ1n) is 9.83. The van der Waals surface area contributed by atoms with E-state index in [-0.39, 0.29) is 18.1 Å². The smallest absolute Gasteiger partial charge is 0.255 e. The van der Waals surface area contributed by atoms with Crippen molar-refractivity contribution in [1.29, 1.82) is 0 Å². The molecule has 1 aliphatic rings. The number of hydrogen-bond acceptors (Lipinski definition) is 5. The van der Waals surface area contributed by atoms with Gasteiger partial charge in [-0.15, -0.1) is 11.3 Å². The molecule has 1 aromatic heterocycles. The quantitative estimate of drug-likeness (QED) is 0.662. The molecule has 4 rings (SSSR count). The molecule has 6 heteroatoms. The van der Waals surface area contributed by atoms with Crippen LogP contribution in [0.25, 0.3) is 11.3 Å². The number of aryl methyl sites for hydroxylation is 1. The molecule has 1 fully saturated rings. The Morgan fingerprint density at radius 1 is 1.10 bits per heavy atom. The van der Waals surface area contributed by atoms with E-state index in [4.69, 9.17) is 9.72 Å². The highest BCUT2D eigenvalue weighted by Gasteiger charge is 2.24. The van der Waals surface area contributed by atoms with Gasteiger partial charge in [0.05, 0.1) is 17.9 Å². The monoisotopic (exact) mass is 407 g/mol. The lowest BCUT2D eigenvalue weighted by Crippen LogP contribution is -2.45. The predicted molar refractivity (Wildman–Crippen MR) is 119 cm³/mol. The van der Waals surface area contributed by atoms with Crippen molar-refractivity contribution in [2.24, 2.45) is 0 Å². The summed E-state index contributed by atoms with van der Waals surface area (Å²) in [6, 6.07) is 15.4. The maximum Gasteiger partial charge on any atom is 0.255 e. The van der Waals surface area contributed by atoms with Gasteiger partial charge in [0, 0.05) is 35.3 Å². The van der Waals surface area contributed by atoms with Crippen molar-refractivity contribution in [2.45, 2.75) is 33.0 Å². The number of ether oxygens (including phenoxy) is 1. The van der Waals surface area contributed by atoms with Gasteiger partial charge in [0.1, 0.15) is 0 Å². The van der Waals surface area contributed by atoms with Crippen LogP contribution in [-0.4, -0.2) is 36.2 Å². The maximum atomic E-state index is 12.5. The van der Waals surface area contributed by atoms with Crippen molar-refractivity contribution in [3.8, 4) is 11.3 Å². The number of amides is 1. The van der Waals surface area contributed by atoms with E-state index in [2.05, 4.69) is 29.4 Å². The van der Waals surface area contributed by atoms with Gasteiger partial charge in [-0.25, -0.2) is 4.98 Å². The van der Waals surface area contributed by atoms with Crippen molar-refractivity contribution in [3.05, 3.63) is 65.0 Å². The number of nitrogens with one attached hydrogen (secondary N) is 1. The molecule has 5 nitrogen and oxygen atoms in total. The predicted octanol–water partition coefficient (Wildman–Crippen LogP) is 4.98. The molecule has 0 bridgehead atoms. The second-order valence-electron chi connectivity index (χ2n) is 7.52. The molecule has 1 saturated heterocycles. The van der Waals surface area contributed by atoms with Gasteiger partial charge in [-0.05, 0) is 44.5 Å². The summed E-state index contributed by atoms with van der Waals surface area (Å²) in [5.74, 6) is -0.0950. The maximum absolute atomic E-state index is 12.5. The lowest BCUT2D eigenvalue weighted by molar-refractivity contribution is -0.00522.